The Kier molecular flexibility index (Phi) is 6.74. The SMILES string of the molecule is COc1ccc(-c2nnc(SCC(=O)N3CCCCCC3)n2Cc2ccco2)cc1. The van der Waals surface area contributed by atoms with Crippen molar-refractivity contribution in [3.05, 3.63) is 48.4 Å². The number of hydrogen-bond acceptors (Lipinski definition) is 6. The highest BCUT2D eigenvalue weighted by molar-refractivity contribution is 7.99. The van der Waals surface area contributed by atoms with Gasteiger partial charge in [0.15, 0.2) is 11.0 Å². The van der Waals surface area contributed by atoms with Gasteiger partial charge in [0.1, 0.15) is 11.5 Å². The third kappa shape index (κ3) is 4.87. The van der Waals surface area contributed by atoms with Crippen LogP contribution in [0.3, 0.4) is 0 Å². The highest BCUT2D eigenvalue weighted by atomic mass is 32.2. The van der Waals surface area contributed by atoms with E-state index in [0.717, 1.165) is 48.8 Å². The van der Waals surface area contributed by atoms with Crippen LogP contribution in [0.2, 0.25) is 0 Å². The minimum absolute atomic E-state index is 0.167. The van der Waals surface area contributed by atoms with Crippen LogP contribution in [-0.4, -0.2) is 51.5 Å². The van der Waals surface area contributed by atoms with Gasteiger partial charge in [-0.05, 0) is 49.2 Å². The summed E-state index contributed by atoms with van der Waals surface area (Å²) in [6.45, 7) is 2.22. The zero-order valence-corrected chi connectivity index (χ0v) is 17.9. The van der Waals surface area contributed by atoms with Crippen LogP contribution in [0.4, 0.5) is 0 Å². The van der Waals surface area contributed by atoms with Gasteiger partial charge in [0.2, 0.25) is 5.91 Å². The van der Waals surface area contributed by atoms with Crippen molar-refractivity contribution in [2.75, 3.05) is 26.0 Å². The van der Waals surface area contributed by atoms with E-state index in [4.69, 9.17) is 9.15 Å². The molecule has 0 atom stereocenters. The molecule has 1 amide bonds. The van der Waals surface area contributed by atoms with E-state index in [1.54, 1.807) is 13.4 Å². The number of carbonyl (C=O) groups is 1. The molecule has 1 fully saturated rings. The molecule has 0 N–H and O–H groups in total. The van der Waals surface area contributed by atoms with Gasteiger partial charge < -0.3 is 14.1 Å². The number of thioether (sulfide) groups is 1. The summed E-state index contributed by atoms with van der Waals surface area (Å²) in [7, 11) is 1.64. The Labute approximate surface area is 180 Å². The number of amides is 1. The average Bonchev–Trinajstić information content (AvgIpc) is 3.34. The van der Waals surface area contributed by atoms with Crippen LogP contribution in [0.1, 0.15) is 31.4 Å². The van der Waals surface area contributed by atoms with Gasteiger partial charge in [-0.3, -0.25) is 9.36 Å². The maximum Gasteiger partial charge on any atom is 0.233 e. The van der Waals surface area contributed by atoms with Gasteiger partial charge in [0, 0.05) is 18.7 Å². The summed E-state index contributed by atoms with van der Waals surface area (Å²) in [4.78, 5) is 14.7. The average molecular weight is 427 g/mol. The fraction of sp³-hybridized carbons (Fsp3) is 0.409. The van der Waals surface area contributed by atoms with E-state index in [-0.39, 0.29) is 5.91 Å². The first-order valence-electron chi connectivity index (χ1n) is 10.2. The zero-order valence-electron chi connectivity index (χ0n) is 17.1. The predicted molar refractivity (Wildman–Crippen MR) is 116 cm³/mol. The summed E-state index contributed by atoms with van der Waals surface area (Å²) in [5.41, 5.74) is 0.931. The molecule has 158 valence electrons. The lowest BCUT2D eigenvalue weighted by molar-refractivity contribution is -0.128. The Hall–Kier alpha value is -2.74. The van der Waals surface area contributed by atoms with E-state index in [1.807, 2.05) is 45.9 Å². The minimum Gasteiger partial charge on any atom is -0.497 e. The molecular formula is C22H26N4O3S. The molecule has 1 aromatic carbocycles. The monoisotopic (exact) mass is 426 g/mol. The number of carbonyl (C=O) groups excluding carboxylic acids is 1. The summed E-state index contributed by atoms with van der Waals surface area (Å²) in [5, 5.41) is 9.50. The Morgan fingerprint density at radius 1 is 1.10 bits per heavy atom. The second-order valence-corrected chi connectivity index (χ2v) is 8.23. The molecule has 1 aliphatic rings. The van der Waals surface area contributed by atoms with Crippen molar-refractivity contribution in [2.24, 2.45) is 0 Å². The maximum atomic E-state index is 12.7. The van der Waals surface area contributed by atoms with Crippen LogP contribution in [0.15, 0.2) is 52.2 Å². The van der Waals surface area contributed by atoms with Crippen molar-refractivity contribution in [3.8, 4) is 17.1 Å². The second-order valence-electron chi connectivity index (χ2n) is 7.28. The van der Waals surface area contributed by atoms with Gasteiger partial charge >= 0.3 is 0 Å². The molecule has 1 aliphatic heterocycles. The van der Waals surface area contributed by atoms with Crippen molar-refractivity contribution < 1.29 is 13.9 Å². The van der Waals surface area contributed by atoms with Crippen LogP contribution in [0.25, 0.3) is 11.4 Å². The number of nitrogens with zero attached hydrogens (tertiary/aromatic N) is 4. The van der Waals surface area contributed by atoms with E-state index in [9.17, 15) is 4.79 Å². The van der Waals surface area contributed by atoms with Crippen molar-refractivity contribution in [1.29, 1.82) is 0 Å². The largest absolute Gasteiger partial charge is 0.497 e. The van der Waals surface area contributed by atoms with Crippen LogP contribution >= 0.6 is 11.8 Å². The van der Waals surface area contributed by atoms with E-state index in [1.165, 1.54) is 24.6 Å². The lowest BCUT2D eigenvalue weighted by atomic mass is 10.2. The molecular weight excluding hydrogens is 400 g/mol. The predicted octanol–water partition coefficient (Wildman–Crippen LogP) is 4.09. The lowest BCUT2D eigenvalue weighted by Gasteiger charge is -2.19. The Morgan fingerprint density at radius 3 is 2.53 bits per heavy atom. The number of methoxy groups -OCH3 is 1. The topological polar surface area (TPSA) is 73.4 Å². The van der Waals surface area contributed by atoms with E-state index < -0.39 is 0 Å². The van der Waals surface area contributed by atoms with Gasteiger partial charge in [0.25, 0.3) is 0 Å². The quantitative estimate of drug-likeness (QED) is 0.530. The van der Waals surface area contributed by atoms with Crippen molar-refractivity contribution >= 4 is 17.7 Å². The van der Waals surface area contributed by atoms with E-state index >= 15 is 0 Å². The third-order valence-electron chi connectivity index (χ3n) is 5.24. The molecule has 0 aliphatic carbocycles. The molecule has 7 nitrogen and oxygen atoms in total. The zero-order chi connectivity index (χ0) is 20.8. The molecule has 1 saturated heterocycles. The fourth-order valence-corrected chi connectivity index (χ4v) is 4.43. The van der Waals surface area contributed by atoms with E-state index in [2.05, 4.69) is 10.2 Å². The summed E-state index contributed by atoms with van der Waals surface area (Å²) in [5.74, 6) is 2.86. The number of ether oxygens (including phenoxy) is 1. The lowest BCUT2D eigenvalue weighted by Crippen LogP contribution is -2.33. The number of likely N-dealkylation sites (tertiary alicyclic amines) is 1. The molecule has 3 heterocycles. The molecule has 0 saturated carbocycles. The first kappa shape index (κ1) is 20.5. The second kappa shape index (κ2) is 9.84. The first-order valence-corrected chi connectivity index (χ1v) is 11.2. The molecule has 3 aromatic rings. The van der Waals surface area contributed by atoms with Gasteiger partial charge in [-0.25, -0.2) is 0 Å². The standard InChI is InChI=1S/C22H26N4O3S/c1-28-18-10-8-17(9-11-18)21-23-24-22(26(21)15-19-7-6-14-29-19)30-16-20(27)25-12-4-2-3-5-13-25/h6-11,14H,2-5,12-13,15-16H2,1H3. The Balaban J connectivity index is 1.54. The van der Waals surface area contributed by atoms with Crippen molar-refractivity contribution in [3.63, 3.8) is 0 Å². The Morgan fingerprint density at radius 2 is 1.87 bits per heavy atom. The normalized spacial score (nSPS) is 14.5. The van der Waals surface area contributed by atoms with Crippen LogP contribution in [0, 0.1) is 0 Å². The van der Waals surface area contributed by atoms with Crippen LogP contribution in [0.5, 0.6) is 5.75 Å². The molecule has 2 aromatic heterocycles. The van der Waals surface area contributed by atoms with E-state index in [0.29, 0.717) is 17.5 Å². The molecule has 0 bridgehead atoms. The molecule has 30 heavy (non-hydrogen) atoms. The molecule has 0 unspecified atom stereocenters. The maximum absolute atomic E-state index is 12.7. The molecule has 0 spiro atoms. The molecule has 4 rings (SSSR count). The van der Waals surface area contributed by atoms with Crippen molar-refractivity contribution in [2.45, 2.75) is 37.4 Å². The molecule has 8 heteroatoms. The third-order valence-corrected chi connectivity index (χ3v) is 6.19. The first-order chi connectivity index (χ1) is 14.7. The van der Waals surface area contributed by atoms with Crippen LogP contribution in [-0.2, 0) is 11.3 Å². The highest BCUT2D eigenvalue weighted by Crippen LogP contribution is 2.27. The van der Waals surface area contributed by atoms with Gasteiger partial charge in [0.05, 0.1) is 25.7 Å². The smallest absolute Gasteiger partial charge is 0.233 e. The van der Waals surface area contributed by atoms with Gasteiger partial charge in [-0.2, -0.15) is 0 Å². The van der Waals surface area contributed by atoms with Gasteiger partial charge in [-0.1, -0.05) is 24.6 Å². The summed E-state index contributed by atoms with van der Waals surface area (Å²) >= 11 is 1.43. The molecule has 0 radical (unpaired) electrons. The number of furan rings is 1. The number of aromatic nitrogens is 3. The summed E-state index contributed by atoms with van der Waals surface area (Å²) < 4.78 is 12.8. The number of benzene rings is 1. The van der Waals surface area contributed by atoms with Gasteiger partial charge in [-0.15, -0.1) is 10.2 Å². The minimum atomic E-state index is 0.167. The fourth-order valence-electron chi connectivity index (χ4n) is 3.59. The highest BCUT2D eigenvalue weighted by Gasteiger charge is 2.20. The van der Waals surface area contributed by atoms with Crippen molar-refractivity contribution in [1.82, 2.24) is 19.7 Å². The number of rotatable bonds is 7. The summed E-state index contributed by atoms with van der Waals surface area (Å²) in [6, 6.07) is 11.5. The Bertz CT molecular complexity index is 945. The van der Waals surface area contributed by atoms with Crippen LogP contribution < -0.4 is 4.74 Å². The summed E-state index contributed by atoms with van der Waals surface area (Å²) in [6.07, 6.45) is 6.25. The number of hydrogen-bond donors (Lipinski definition) is 0.